The first kappa shape index (κ1) is 14.7. The maximum Gasteiger partial charge on any atom is 0.123 e. The van der Waals surface area contributed by atoms with Gasteiger partial charge in [-0.1, -0.05) is 43.7 Å². The van der Waals surface area contributed by atoms with Gasteiger partial charge in [0.1, 0.15) is 5.75 Å². The summed E-state index contributed by atoms with van der Waals surface area (Å²) in [5, 5.41) is 4.28. The third-order valence-corrected chi connectivity index (χ3v) is 4.25. The maximum absolute atomic E-state index is 6.03. The average molecular weight is 282 g/mol. The van der Waals surface area contributed by atoms with Crippen LogP contribution in [0.3, 0.4) is 0 Å². The summed E-state index contributed by atoms with van der Waals surface area (Å²) in [6.45, 7) is 1.91. The first-order valence-electron chi connectivity index (χ1n) is 7.32. The summed E-state index contributed by atoms with van der Waals surface area (Å²) in [5.74, 6) is 1.84. The highest BCUT2D eigenvalue weighted by Crippen LogP contribution is 2.26. The molecule has 0 saturated heterocycles. The number of methoxy groups -OCH3 is 1. The fourth-order valence-electron chi connectivity index (χ4n) is 2.89. The zero-order valence-corrected chi connectivity index (χ0v) is 12.5. The summed E-state index contributed by atoms with van der Waals surface area (Å²) < 4.78 is 5.35. The van der Waals surface area contributed by atoms with Gasteiger partial charge in [-0.3, -0.25) is 0 Å². The van der Waals surface area contributed by atoms with Crippen LogP contribution >= 0.6 is 11.6 Å². The lowest BCUT2D eigenvalue weighted by Crippen LogP contribution is -2.19. The molecule has 1 aromatic rings. The molecule has 0 aromatic heterocycles. The highest BCUT2D eigenvalue weighted by Gasteiger charge is 2.12. The number of hydrogen-bond acceptors (Lipinski definition) is 2. The summed E-state index contributed by atoms with van der Waals surface area (Å²) in [7, 11) is 1.70. The molecule has 2 rings (SSSR count). The van der Waals surface area contributed by atoms with Gasteiger partial charge in [0.2, 0.25) is 0 Å². The first-order valence-corrected chi connectivity index (χ1v) is 7.70. The molecule has 1 aliphatic rings. The van der Waals surface area contributed by atoms with Crippen LogP contribution in [0.2, 0.25) is 5.02 Å². The van der Waals surface area contributed by atoms with Gasteiger partial charge in [-0.25, -0.2) is 0 Å². The minimum atomic E-state index is 0.768. The van der Waals surface area contributed by atoms with Crippen molar-refractivity contribution in [2.24, 2.45) is 5.92 Å². The standard InChI is InChI=1S/C16H24ClNO/c1-19-16-8-7-15(17)11-14(16)12-18-10-9-13-5-3-2-4-6-13/h7-8,11,13,18H,2-6,9-10,12H2,1H3. The highest BCUT2D eigenvalue weighted by atomic mass is 35.5. The van der Waals surface area contributed by atoms with Crippen molar-refractivity contribution in [3.8, 4) is 5.75 Å². The lowest BCUT2D eigenvalue weighted by atomic mass is 9.87. The van der Waals surface area contributed by atoms with Gasteiger partial charge >= 0.3 is 0 Å². The molecule has 3 heteroatoms. The van der Waals surface area contributed by atoms with E-state index in [1.807, 2.05) is 18.2 Å². The molecule has 0 unspecified atom stereocenters. The Kier molecular flexibility index (Phi) is 5.99. The van der Waals surface area contributed by atoms with E-state index in [1.54, 1.807) is 7.11 Å². The lowest BCUT2D eigenvalue weighted by molar-refractivity contribution is 0.333. The normalized spacial score (nSPS) is 16.5. The Bertz CT molecular complexity index is 388. The third-order valence-electron chi connectivity index (χ3n) is 4.01. The van der Waals surface area contributed by atoms with Gasteiger partial charge < -0.3 is 10.1 Å². The summed E-state index contributed by atoms with van der Waals surface area (Å²) in [4.78, 5) is 0. The minimum absolute atomic E-state index is 0.768. The first-order chi connectivity index (χ1) is 9.29. The molecule has 0 aliphatic heterocycles. The second-order valence-corrected chi connectivity index (χ2v) is 5.86. The smallest absolute Gasteiger partial charge is 0.123 e. The predicted octanol–water partition coefficient (Wildman–Crippen LogP) is 4.41. The van der Waals surface area contributed by atoms with Crippen LogP contribution in [0.25, 0.3) is 0 Å². The van der Waals surface area contributed by atoms with E-state index in [0.717, 1.165) is 35.3 Å². The Morgan fingerprint density at radius 3 is 2.79 bits per heavy atom. The maximum atomic E-state index is 6.03. The summed E-state index contributed by atoms with van der Waals surface area (Å²) in [5.41, 5.74) is 1.14. The Morgan fingerprint density at radius 1 is 1.26 bits per heavy atom. The van der Waals surface area contributed by atoms with E-state index in [0.29, 0.717) is 0 Å². The van der Waals surface area contributed by atoms with Crippen molar-refractivity contribution in [1.82, 2.24) is 5.32 Å². The Morgan fingerprint density at radius 2 is 2.05 bits per heavy atom. The van der Waals surface area contributed by atoms with Gasteiger partial charge in [-0.2, -0.15) is 0 Å². The molecule has 0 amide bonds. The average Bonchev–Trinajstić information content (AvgIpc) is 2.45. The van der Waals surface area contributed by atoms with Crippen molar-refractivity contribution in [2.75, 3.05) is 13.7 Å². The Balaban J connectivity index is 1.74. The van der Waals surface area contributed by atoms with E-state index in [1.165, 1.54) is 38.5 Å². The van der Waals surface area contributed by atoms with E-state index in [2.05, 4.69) is 5.32 Å². The topological polar surface area (TPSA) is 21.3 Å². The van der Waals surface area contributed by atoms with Crippen LogP contribution in [0.4, 0.5) is 0 Å². The van der Waals surface area contributed by atoms with Crippen LogP contribution < -0.4 is 10.1 Å². The van der Waals surface area contributed by atoms with E-state index in [9.17, 15) is 0 Å². The summed E-state index contributed by atoms with van der Waals surface area (Å²) >= 11 is 6.03. The van der Waals surface area contributed by atoms with Gasteiger partial charge in [-0.15, -0.1) is 0 Å². The predicted molar refractivity (Wildman–Crippen MR) is 80.9 cm³/mol. The van der Waals surface area contributed by atoms with E-state index < -0.39 is 0 Å². The quantitative estimate of drug-likeness (QED) is 0.780. The summed E-state index contributed by atoms with van der Waals surface area (Å²) in [6, 6.07) is 5.78. The van der Waals surface area contributed by atoms with Crippen molar-refractivity contribution in [2.45, 2.75) is 45.1 Å². The molecular weight excluding hydrogens is 258 g/mol. The fourth-order valence-corrected chi connectivity index (χ4v) is 3.09. The van der Waals surface area contributed by atoms with Crippen LogP contribution in [-0.2, 0) is 6.54 Å². The molecule has 2 nitrogen and oxygen atoms in total. The van der Waals surface area contributed by atoms with Crippen molar-refractivity contribution in [3.05, 3.63) is 28.8 Å². The molecule has 1 N–H and O–H groups in total. The molecule has 1 saturated carbocycles. The molecule has 1 aromatic carbocycles. The van der Waals surface area contributed by atoms with Gasteiger partial charge in [-0.05, 0) is 37.1 Å². The number of hydrogen-bond donors (Lipinski definition) is 1. The second kappa shape index (κ2) is 7.76. The van der Waals surface area contributed by atoms with Crippen LogP contribution in [0.1, 0.15) is 44.1 Å². The Hall–Kier alpha value is -0.730. The number of ether oxygens (including phenoxy) is 1. The molecule has 0 heterocycles. The van der Waals surface area contributed by atoms with E-state index >= 15 is 0 Å². The van der Waals surface area contributed by atoms with Gasteiger partial charge in [0.05, 0.1) is 7.11 Å². The fraction of sp³-hybridized carbons (Fsp3) is 0.625. The zero-order chi connectivity index (χ0) is 13.5. The number of rotatable bonds is 6. The largest absolute Gasteiger partial charge is 0.496 e. The number of nitrogens with one attached hydrogen (secondary N) is 1. The van der Waals surface area contributed by atoms with Crippen LogP contribution in [-0.4, -0.2) is 13.7 Å². The van der Waals surface area contributed by atoms with Crippen molar-refractivity contribution >= 4 is 11.6 Å². The lowest BCUT2D eigenvalue weighted by Gasteiger charge is -2.21. The molecule has 0 radical (unpaired) electrons. The van der Waals surface area contributed by atoms with E-state index in [-0.39, 0.29) is 0 Å². The van der Waals surface area contributed by atoms with Crippen molar-refractivity contribution in [3.63, 3.8) is 0 Å². The summed E-state index contributed by atoms with van der Waals surface area (Å²) in [6.07, 6.45) is 8.41. The van der Waals surface area contributed by atoms with Crippen molar-refractivity contribution < 1.29 is 4.74 Å². The van der Waals surface area contributed by atoms with Crippen LogP contribution in [0, 0.1) is 5.92 Å². The molecule has 0 spiro atoms. The number of halogens is 1. The molecule has 0 bridgehead atoms. The third kappa shape index (κ3) is 4.70. The molecule has 106 valence electrons. The van der Waals surface area contributed by atoms with Crippen molar-refractivity contribution in [1.29, 1.82) is 0 Å². The SMILES string of the molecule is COc1ccc(Cl)cc1CNCCC1CCCCC1. The molecular formula is C16H24ClNO. The molecule has 1 fully saturated rings. The number of benzene rings is 1. The highest BCUT2D eigenvalue weighted by molar-refractivity contribution is 6.30. The van der Waals surface area contributed by atoms with E-state index in [4.69, 9.17) is 16.3 Å². The zero-order valence-electron chi connectivity index (χ0n) is 11.8. The Labute approximate surface area is 121 Å². The van der Waals surface area contributed by atoms with Gasteiger partial charge in [0.25, 0.3) is 0 Å². The molecule has 0 atom stereocenters. The second-order valence-electron chi connectivity index (χ2n) is 5.43. The molecule has 19 heavy (non-hydrogen) atoms. The van der Waals surface area contributed by atoms with Crippen LogP contribution in [0.15, 0.2) is 18.2 Å². The monoisotopic (exact) mass is 281 g/mol. The van der Waals surface area contributed by atoms with Crippen LogP contribution in [0.5, 0.6) is 5.75 Å². The van der Waals surface area contributed by atoms with Gasteiger partial charge in [0.15, 0.2) is 0 Å². The molecule has 1 aliphatic carbocycles. The van der Waals surface area contributed by atoms with Gasteiger partial charge in [0, 0.05) is 17.1 Å². The minimum Gasteiger partial charge on any atom is -0.496 e.